The number of nitrogens with one attached hydrogen (secondary N) is 2. The van der Waals surface area contributed by atoms with Gasteiger partial charge in [0.25, 0.3) is 10.0 Å². The summed E-state index contributed by atoms with van der Waals surface area (Å²) in [5.41, 5.74) is 0.485. The van der Waals surface area contributed by atoms with Gasteiger partial charge in [0.2, 0.25) is 5.91 Å². The maximum Gasteiger partial charge on any atom is 0.262 e. The Kier molecular flexibility index (Phi) is 4.56. The van der Waals surface area contributed by atoms with Gasteiger partial charge in [0, 0.05) is 38.8 Å². The molecule has 0 atom stereocenters. The molecule has 1 aliphatic heterocycles. The summed E-state index contributed by atoms with van der Waals surface area (Å²) >= 11 is 0. The molecule has 1 aliphatic rings. The van der Waals surface area contributed by atoms with E-state index in [1.54, 1.807) is 12.1 Å². The first-order valence-electron chi connectivity index (χ1n) is 6.51. The molecular formula is C12H18N4O3S. The van der Waals surface area contributed by atoms with Crippen LogP contribution in [0.4, 0.5) is 5.69 Å². The first-order valence-corrected chi connectivity index (χ1v) is 7.95. The van der Waals surface area contributed by atoms with E-state index in [0.29, 0.717) is 18.8 Å². The molecule has 1 saturated heterocycles. The number of carbonyl (C=O) groups is 1. The van der Waals surface area contributed by atoms with Crippen molar-refractivity contribution in [2.24, 2.45) is 0 Å². The monoisotopic (exact) mass is 298 g/mol. The summed E-state index contributed by atoms with van der Waals surface area (Å²) in [6.07, 6.45) is 1.62. The molecule has 2 heterocycles. The van der Waals surface area contributed by atoms with Crippen LogP contribution in [0, 0.1) is 0 Å². The van der Waals surface area contributed by atoms with Crippen molar-refractivity contribution >= 4 is 21.6 Å². The molecule has 1 fully saturated rings. The summed E-state index contributed by atoms with van der Waals surface area (Å²) in [5, 5.41) is 5.66. The minimum Gasteiger partial charge on any atom is -0.383 e. The fourth-order valence-corrected chi connectivity index (χ4v) is 3.55. The highest BCUT2D eigenvalue weighted by Crippen LogP contribution is 2.22. The van der Waals surface area contributed by atoms with Crippen LogP contribution in [0.15, 0.2) is 23.4 Å². The molecule has 1 amide bonds. The smallest absolute Gasteiger partial charge is 0.262 e. The van der Waals surface area contributed by atoms with Gasteiger partial charge in [0.15, 0.2) is 5.03 Å². The Bertz CT molecular complexity index is 588. The summed E-state index contributed by atoms with van der Waals surface area (Å²) in [6.45, 7) is 3.25. The molecule has 0 radical (unpaired) electrons. The minimum atomic E-state index is -3.69. The van der Waals surface area contributed by atoms with Crippen LogP contribution in [0.5, 0.6) is 0 Å². The van der Waals surface area contributed by atoms with Crippen LogP contribution in [0.1, 0.15) is 13.3 Å². The SMILES string of the molecule is CCNc1cccnc1S(=O)(=O)N1CCNC(=O)CC1. The quantitative estimate of drug-likeness (QED) is 0.818. The number of nitrogens with zero attached hydrogens (tertiary/aromatic N) is 2. The summed E-state index contributed by atoms with van der Waals surface area (Å²) in [7, 11) is -3.69. The zero-order chi connectivity index (χ0) is 14.6. The lowest BCUT2D eigenvalue weighted by molar-refractivity contribution is -0.120. The zero-order valence-corrected chi connectivity index (χ0v) is 12.1. The summed E-state index contributed by atoms with van der Waals surface area (Å²) < 4.78 is 26.6. The van der Waals surface area contributed by atoms with Crippen LogP contribution in [0.25, 0.3) is 0 Å². The summed E-state index contributed by atoms with van der Waals surface area (Å²) in [4.78, 5) is 15.3. The van der Waals surface area contributed by atoms with Crippen molar-refractivity contribution in [2.45, 2.75) is 18.4 Å². The van der Waals surface area contributed by atoms with E-state index in [1.807, 2.05) is 6.92 Å². The molecule has 0 aliphatic carbocycles. The molecule has 0 bridgehead atoms. The standard InChI is InChI=1S/C12H18N4O3S/c1-2-13-10-4-3-6-15-12(10)20(18,19)16-8-5-11(17)14-7-9-16/h3-4,6,13H,2,5,7-9H2,1H3,(H,14,17). The van der Waals surface area contributed by atoms with Crippen molar-refractivity contribution in [2.75, 3.05) is 31.5 Å². The second kappa shape index (κ2) is 6.19. The van der Waals surface area contributed by atoms with Crippen LogP contribution in [-0.2, 0) is 14.8 Å². The minimum absolute atomic E-state index is 0.0104. The van der Waals surface area contributed by atoms with E-state index < -0.39 is 10.0 Å². The molecule has 8 heteroatoms. The highest BCUT2D eigenvalue weighted by Gasteiger charge is 2.29. The van der Waals surface area contributed by atoms with Crippen LogP contribution in [-0.4, -0.2) is 49.8 Å². The second-order valence-corrected chi connectivity index (χ2v) is 6.24. The Labute approximate surface area is 118 Å². The Hall–Kier alpha value is -1.67. The lowest BCUT2D eigenvalue weighted by Crippen LogP contribution is -2.35. The van der Waals surface area contributed by atoms with Gasteiger partial charge in [-0.2, -0.15) is 4.31 Å². The third kappa shape index (κ3) is 3.07. The number of hydrogen-bond donors (Lipinski definition) is 2. The third-order valence-electron chi connectivity index (χ3n) is 2.99. The average molecular weight is 298 g/mol. The van der Waals surface area contributed by atoms with Crippen molar-refractivity contribution in [3.63, 3.8) is 0 Å². The van der Waals surface area contributed by atoms with Crippen LogP contribution in [0.3, 0.4) is 0 Å². The second-order valence-electron chi connectivity index (χ2n) is 4.39. The van der Waals surface area contributed by atoms with Crippen molar-refractivity contribution in [3.05, 3.63) is 18.3 Å². The van der Waals surface area contributed by atoms with Gasteiger partial charge in [-0.1, -0.05) is 0 Å². The number of rotatable bonds is 4. The lowest BCUT2D eigenvalue weighted by atomic mass is 10.4. The predicted octanol–water partition coefficient (Wildman–Crippen LogP) is 0.0240. The molecule has 2 rings (SSSR count). The normalized spacial score (nSPS) is 17.4. The number of carbonyl (C=O) groups excluding carboxylic acids is 1. The molecule has 20 heavy (non-hydrogen) atoms. The maximum absolute atomic E-state index is 12.6. The summed E-state index contributed by atoms with van der Waals surface area (Å²) in [5.74, 6) is -0.129. The first kappa shape index (κ1) is 14.7. The van der Waals surface area contributed by atoms with Crippen molar-refractivity contribution in [3.8, 4) is 0 Å². The number of sulfonamides is 1. The molecule has 1 aromatic heterocycles. The van der Waals surface area contributed by atoms with Gasteiger partial charge in [0.05, 0.1) is 5.69 Å². The Morgan fingerprint density at radius 3 is 3.00 bits per heavy atom. The van der Waals surface area contributed by atoms with Gasteiger partial charge in [-0.25, -0.2) is 13.4 Å². The number of anilines is 1. The maximum atomic E-state index is 12.6. The molecular weight excluding hydrogens is 280 g/mol. The molecule has 0 spiro atoms. The summed E-state index contributed by atoms with van der Waals surface area (Å²) in [6, 6.07) is 3.37. The molecule has 110 valence electrons. The van der Waals surface area contributed by atoms with Crippen LogP contribution < -0.4 is 10.6 Å². The molecule has 0 unspecified atom stereocenters. The van der Waals surface area contributed by atoms with Crippen LogP contribution >= 0.6 is 0 Å². The van der Waals surface area contributed by atoms with Crippen molar-refractivity contribution < 1.29 is 13.2 Å². The van der Waals surface area contributed by atoms with E-state index >= 15 is 0 Å². The van der Waals surface area contributed by atoms with E-state index in [9.17, 15) is 13.2 Å². The van der Waals surface area contributed by atoms with Gasteiger partial charge < -0.3 is 10.6 Å². The van der Waals surface area contributed by atoms with E-state index in [0.717, 1.165) is 0 Å². The van der Waals surface area contributed by atoms with Gasteiger partial charge >= 0.3 is 0 Å². The molecule has 1 aromatic rings. The Balaban J connectivity index is 2.32. The Morgan fingerprint density at radius 1 is 1.45 bits per heavy atom. The number of aromatic nitrogens is 1. The van der Waals surface area contributed by atoms with Gasteiger partial charge in [0.1, 0.15) is 0 Å². The third-order valence-corrected chi connectivity index (χ3v) is 4.85. The van der Waals surface area contributed by atoms with Crippen molar-refractivity contribution in [1.82, 2.24) is 14.6 Å². The highest BCUT2D eigenvalue weighted by molar-refractivity contribution is 7.89. The van der Waals surface area contributed by atoms with Gasteiger partial charge in [-0.3, -0.25) is 4.79 Å². The fourth-order valence-electron chi connectivity index (χ4n) is 2.03. The number of amides is 1. The Morgan fingerprint density at radius 2 is 2.25 bits per heavy atom. The number of pyridine rings is 1. The van der Waals surface area contributed by atoms with E-state index in [4.69, 9.17) is 0 Å². The van der Waals surface area contributed by atoms with E-state index in [-0.39, 0.29) is 30.4 Å². The number of hydrogen-bond acceptors (Lipinski definition) is 5. The topological polar surface area (TPSA) is 91.4 Å². The van der Waals surface area contributed by atoms with E-state index in [2.05, 4.69) is 15.6 Å². The predicted molar refractivity (Wildman–Crippen MR) is 74.8 cm³/mol. The average Bonchev–Trinajstić information content (AvgIpc) is 2.65. The fraction of sp³-hybridized carbons (Fsp3) is 0.500. The first-order chi connectivity index (χ1) is 9.55. The lowest BCUT2D eigenvalue weighted by Gasteiger charge is -2.20. The van der Waals surface area contributed by atoms with Crippen LogP contribution in [0.2, 0.25) is 0 Å². The van der Waals surface area contributed by atoms with E-state index in [1.165, 1.54) is 10.5 Å². The zero-order valence-electron chi connectivity index (χ0n) is 11.3. The van der Waals surface area contributed by atoms with Gasteiger partial charge in [-0.15, -0.1) is 0 Å². The molecule has 0 saturated carbocycles. The largest absolute Gasteiger partial charge is 0.383 e. The molecule has 0 aromatic carbocycles. The van der Waals surface area contributed by atoms with Crippen molar-refractivity contribution in [1.29, 1.82) is 0 Å². The highest BCUT2D eigenvalue weighted by atomic mass is 32.2. The van der Waals surface area contributed by atoms with Gasteiger partial charge in [-0.05, 0) is 19.1 Å². The molecule has 2 N–H and O–H groups in total. The molecule has 7 nitrogen and oxygen atoms in total.